The zero-order chi connectivity index (χ0) is 13.4. The maximum atomic E-state index is 13.8. The predicted octanol–water partition coefficient (Wildman–Crippen LogP) is 2.15. The number of nitrogen functional groups attached to an aromatic ring is 1. The van der Waals surface area contributed by atoms with E-state index < -0.39 is 5.82 Å². The summed E-state index contributed by atoms with van der Waals surface area (Å²) >= 11 is 0. The number of fused-ring (bicyclic) bond motifs is 1. The average Bonchev–Trinajstić information content (AvgIpc) is 2.74. The van der Waals surface area contributed by atoms with E-state index in [1.165, 1.54) is 13.2 Å². The molecule has 0 aliphatic rings. The van der Waals surface area contributed by atoms with Gasteiger partial charge in [0.1, 0.15) is 5.52 Å². The van der Waals surface area contributed by atoms with Crippen LogP contribution in [0.3, 0.4) is 0 Å². The fraction of sp³-hybridized carbons (Fsp3) is 0.0769. The molecule has 0 fully saturated rings. The van der Waals surface area contributed by atoms with Crippen molar-refractivity contribution in [3.63, 3.8) is 0 Å². The van der Waals surface area contributed by atoms with Gasteiger partial charge >= 0.3 is 0 Å². The van der Waals surface area contributed by atoms with Gasteiger partial charge in [-0.25, -0.2) is 14.4 Å². The topological polar surface area (TPSA) is 66.0 Å². The van der Waals surface area contributed by atoms with E-state index in [0.717, 1.165) is 0 Å². The zero-order valence-electron chi connectivity index (χ0n) is 10.2. The minimum Gasteiger partial charge on any atom is -0.494 e. The molecule has 6 heteroatoms. The van der Waals surface area contributed by atoms with Crippen LogP contribution in [0.2, 0.25) is 0 Å². The first kappa shape index (κ1) is 11.5. The van der Waals surface area contributed by atoms with Crippen LogP contribution >= 0.6 is 0 Å². The summed E-state index contributed by atoms with van der Waals surface area (Å²) in [5.74, 6) is -0.0184. The van der Waals surface area contributed by atoms with E-state index in [-0.39, 0.29) is 11.7 Å². The number of anilines is 1. The molecule has 96 valence electrons. The number of hydrogen-bond acceptors (Lipinski definition) is 4. The van der Waals surface area contributed by atoms with Gasteiger partial charge in [-0.2, -0.15) is 0 Å². The van der Waals surface area contributed by atoms with Crippen molar-refractivity contribution in [2.45, 2.75) is 0 Å². The van der Waals surface area contributed by atoms with Crippen molar-refractivity contribution < 1.29 is 9.13 Å². The molecule has 3 rings (SSSR count). The van der Waals surface area contributed by atoms with E-state index in [4.69, 9.17) is 10.5 Å². The Morgan fingerprint density at radius 2 is 2.16 bits per heavy atom. The summed E-state index contributed by atoms with van der Waals surface area (Å²) in [7, 11) is 1.42. The van der Waals surface area contributed by atoms with Crippen LogP contribution in [-0.2, 0) is 0 Å². The zero-order valence-corrected chi connectivity index (χ0v) is 10.2. The number of nitrogens with zero attached hydrogens (tertiary/aromatic N) is 3. The third kappa shape index (κ3) is 1.77. The lowest BCUT2D eigenvalue weighted by Gasteiger charge is -2.08. The highest BCUT2D eigenvalue weighted by atomic mass is 19.1. The molecule has 0 aliphatic carbocycles. The monoisotopic (exact) mass is 258 g/mol. The van der Waals surface area contributed by atoms with Gasteiger partial charge in [0.25, 0.3) is 0 Å². The number of imidazole rings is 1. The second kappa shape index (κ2) is 4.24. The van der Waals surface area contributed by atoms with Gasteiger partial charge in [-0.05, 0) is 24.3 Å². The molecule has 2 N–H and O–H groups in total. The van der Waals surface area contributed by atoms with Crippen LogP contribution in [0.15, 0.2) is 36.5 Å². The second-order valence-electron chi connectivity index (χ2n) is 3.97. The maximum absolute atomic E-state index is 13.8. The van der Waals surface area contributed by atoms with Crippen molar-refractivity contribution in [3.8, 4) is 11.4 Å². The molecule has 0 unspecified atom stereocenters. The lowest BCUT2D eigenvalue weighted by atomic mass is 10.3. The summed E-state index contributed by atoms with van der Waals surface area (Å²) in [6, 6.07) is 8.15. The summed E-state index contributed by atoms with van der Waals surface area (Å²) in [5, 5.41) is 0. The van der Waals surface area contributed by atoms with Crippen LogP contribution in [0, 0.1) is 5.82 Å². The Balaban J connectivity index is 2.24. The standard InChI is InChI=1S/C13H11FN4O/c1-19-11-5-4-8(7-9(11)14)18-12-10(17-13(18)15)3-2-6-16-12/h2-7H,1H3,(H2,15,17). The maximum Gasteiger partial charge on any atom is 0.207 e. The van der Waals surface area contributed by atoms with Crippen molar-refractivity contribution in [2.75, 3.05) is 12.8 Å². The van der Waals surface area contributed by atoms with Crippen molar-refractivity contribution in [3.05, 3.63) is 42.3 Å². The number of hydrogen-bond donors (Lipinski definition) is 1. The number of pyridine rings is 1. The van der Waals surface area contributed by atoms with Gasteiger partial charge in [0.05, 0.1) is 12.8 Å². The number of rotatable bonds is 2. The van der Waals surface area contributed by atoms with Gasteiger partial charge in [0.15, 0.2) is 17.2 Å². The van der Waals surface area contributed by atoms with E-state index in [1.807, 2.05) is 0 Å². The lowest BCUT2D eigenvalue weighted by molar-refractivity contribution is 0.386. The molecule has 0 amide bonds. The molecule has 0 atom stereocenters. The minimum atomic E-state index is -0.461. The van der Waals surface area contributed by atoms with E-state index in [9.17, 15) is 4.39 Å². The van der Waals surface area contributed by atoms with Gasteiger partial charge < -0.3 is 10.5 Å². The second-order valence-corrected chi connectivity index (χ2v) is 3.97. The number of methoxy groups -OCH3 is 1. The quantitative estimate of drug-likeness (QED) is 0.764. The largest absolute Gasteiger partial charge is 0.494 e. The molecule has 1 aromatic carbocycles. The van der Waals surface area contributed by atoms with E-state index in [0.29, 0.717) is 16.9 Å². The number of aromatic nitrogens is 3. The first-order valence-corrected chi connectivity index (χ1v) is 5.63. The Morgan fingerprint density at radius 1 is 1.32 bits per heavy atom. The molecule has 19 heavy (non-hydrogen) atoms. The molecule has 2 heterocycles. The number of ether oxygens (including phenoxy) is 1. The van der Waals surface area contributed by atoms with Crippen LogP contribution < -0.4 is 10.5 Å². The highest BCUT2D eigenvalue weighted by Crippen LogP contribution is 2.25. The molecule has 0 bridgehead atoms. The van der Waals surface area contributed by atoms with E-state index in [2.05, 4.69) is 9.97 Å². The normalized spacial score (nSPS) is 10.8. The smallest absolute Gasteiger partial charge is 0.207 e. The summed E-state index contributed by atoms with van der Waals surface area (Å²) in [6.07, 6.45) is 1.64. The van der Waals surface area contributed by atoms with Gasteiger partial charge in [0, 0.05) is 12.3 Å². The van der Waals surface area contributed by atoms with Gasteiger partial charge in [0.2, 0.25) is 5.95 Å². The molecule has 3 aromatic rings. The SMILES string of the molecule is COc1ccc(-n2c(N)nc3cccnc32)cc1F. The summed E-state index contributed by atoms with van der Waals surface area (Å²) in [5.41, 5.74) is 7.67. The number of benzene rings is 1. The Morgan fingerprint density at radius 3 is 2.89 bits per heavy atom. The first-order chi connectivity index (χ1) is 9.20. The lowest BCUT2D eigenvalue weighted by Crippen LogP contribution is -2.02. The molecule has 0 radical (unpaired) electrons. The predicted molar refractivity (Wildman–Crippen MR) is 69.8 cm³/mol. The molecule has 2 aromatic heterocycles. The van der Waals surface area contributed by atoms with Gasteiger partial charge in [-0.1, -0.05) is 0 Å². The van der Waals surface area contributed by atoms with E-state index >= 15 is 0 Å². The van der Waals surface area contributed by atoms with Gasteiger partial charge in [-0.15, -0.1) is 0 Å². The van der Waals surface area contributed by atoms with Crippen LogP contribution in [-0.4, -0.2) is 21.6 Å². The Kier molecular flexibility index (Phi) is 2.56. The molecular formula is C13H11FN4O. The first-order valence-electron chi connectivity index (χ1n) is 5.63. The van der Waals surface area contributed by atoms with Crippen LogP contribution in [0.1, 0.15) is 0 Å². The Labute approximate surface area is 108 Å². The third-order valence-corrected chi connectivity index (χ3v) is 2.84. The minimum absolute atomic E-state index is 0.180. The molecular weight excluding hydrogens is 247 g/mol. The molecule has 0 saturated carbocycles. The molecule has 0 aliphatic heterocycles. The van der Waals surface area contributed by atoms with Crippen molar-refractivity contribution in [2.24, 2.45) is 0 Å². The summed E-state index contributed by atoms with van der Waals surface area (Å²) in [4.78, 5) is 8.40. The summed E-state index contributed by atoms with van der Waals surface area (Å²) < 4.78 is 20.2. The Hall–Kier alpha value is -2.63. The highest BCUT2D eigenvalue weighted by molar-refractivity contribution is 5.76. The van der Waals surface area contributed by atoms with E-state index in [1.54, 1.807) is 35.0 Å². The van der Waals surface area contributed by atoms with Crippen LogP contribution in [0.4, 0.5) is 10.3 Å². The average molecular weight is 258 g/mol. The fourth-order valence-electron chi connectivity index (χ4n) is 1.98. The molecule has 0 saturated heterocycles. The number of nitrogens with two attached hydrogens (primary N) is 1. The van der Waals surface area contributed by atoms with Crippen LogP contribution in [0.5, 0.6) is 5.75 Å². The van der Waals surface area contributed by atoms with Crippen molar-refractivity contribution in [1.29, 1.82) is 0 Å². The fourth-order valence-corrected chi connectivity index (χ4v) is 1.98. The van der Waals surface area contributed by atoms with Gasteiger partial charge in [-0.3, -0.25) is 4.57 Å². The summed E-state index contributed by atoms with van der Waals surface area (Å²) in [6.45, 7) is 0. The Bertz CT molecular complexity index is 753. The third-order valence-electron chi connectivity index (χ3n) is 2.84. The van der Waals surface area contributed by atoms with Crippen molar-refractivity contribution in [1.82, 2.24) is 14.5 Å². The van der Waals surface area contributed by atoms with Crippen LogP contribution in [0.25, 0.3) is 16.9 Å². The van der Waals surface area contributed by atoms with Crippen molar-refractivity contribution >= 4 is 17.1 Å². The molecule has 5 nitrogen and oxygen atoms in total. The highest BCUT2D eigenvalue weighted by Gasteiger charge is 2.12. The number of halogens is 1. The molecule has 0 spiro atoms.